The Hall–Kier alpha value is -1.32. The van der Waals surface area contributed by atoms with E-state index in [1.807, 2.05) is 0 Å². The van der Waals surface area contributed by atoms with E-state index in [1.165, 1.54) is 26.3 Å². The lowest BCUT2D eigenvalue weighted by Gasteiger charge is -2.27. The van der Waals surface area contributed by atoms with Crippen molar-refractivity contribution in [1.82, 2.24) is 5.06 Å². The first-order chi connectivity index (χ1) is 8.27. The minimum Gasteiger partial charge on any atom is -0.288 e. The minimum atomic E-state index is 0.733. The molecule has 0 spiro atoms. The molecule has 1 aliphatic heterocycles. The third-order valence-corrected chi connectivity index (χ3v) is 4.28. The van der Waals surface area contributed by atoms with Crippen molar-refractivity contribution < 1.29 is 5.21 Å². The third-order valence-electron chi connectivity index (χ3n) is 3.32. The third kappa shape index (κ3) is 1.75. The van der Waals surface area contributed by atoms with E-state index in [-0.39, 0.29) is 0 Å². The van der Waals surface area contributed by atoms with Gasteiger partial charge in [-0.1, -0.05) is 18.2 Å². The lowest BCUT2D eigenvalue weighted by Crippen LogP contribution is -2.23. The van der Waals surface area contributed by atoms with Gasteiger partial charge in [0.15, 0.2) is 0 Å². The predicted molar refractivity (Wildman–Crippen MR) is 72.1 cm³/mol. The molecule has 0 aliphatic carbocycles. The summed E-state index contributed by atoms with van der Waals surface area (Å²) in [6.07, 6.45) is 2.12. The summed E-state index contributed by atoms with van der Waals surface area (Å²) in [6.45, 7) is 2.85. The van der Waals surface area contributed by atoms with Crippen molar-refractivity contribution in [1.29, 1.82) is 0 Å². The second-order valence-electron chi connectivity index (χ2n) is 4.50. The van der Waals surface area contributed by atoms with Crippen LogP contribution in [-0.2, 0) is 0 Å². The van der Waals surface area contributed by atoms with Crippen LogP contribution >= 0.6 is 11.3 Å². The van der Waals surface area contributed by atoms with Crippen molar-refractivity contribution in [2.45, 2.75) is 19.8 Å². The summed E-state index contributed by atoms with van der Waals surface area (Å²) >= 11 is 1.74. The van der Waals surface area contributed by atoms with Crippen LogP contribution in [0.5, 0.6) is 0 Å². The maximum absolute atomic E-state index is 10.1. The Bertz CT molecular complexity index is 585. The first-order valence-corrected chi connectivity index (χ1v) is 6.78. The van der Waals surface area contributed by atoms with Crippen molar-refractivity contribution in [3.8, 4) is 0 Å². The van der Waals surface area contributed by atoms with Gasteiger partial charge in [0.2, 0.25) is 0 Å². The van der Waals surface area contributed by atoms with Crippen LogP contribution < -0.4 is 0 Å². The van der Waals surface area contributed by atoms with E-state index < -0.39 is 0 Å². The highest BCUT2D eigenvalue weighted by molar-refractivity contribution is 7.17. The molecule has 2 nitrogen and oxygen atoms in total. The molecule has 0 saturated carbocycles. The molecule has 0 radical (unpaired) electrons. The van der Waals surface area contributed by atoms with Crippen LogP contribution in [-0.4, -0.2) is 16.8 Å². The van der Waals surface area contributed by atoms with Crippen LogP contribution in [0.4, 0.5) is 0 Å². The van der Waals surface area contributed by atoms with E-state index in [0.29, 0.717) is 0 Å². The maximum atomic E-state index is 10.1. The molecule has 0 amide bonds. The zero-order valence-corrected chi connectivity index (χ0v) is 10.6. The molecule has 0 unspecified atom stereocenters. The maximum Gasteiger partial charge on any atom is 0.0710 e. The van der Waals surface area contributed by atoms with Gasteiger partial charge < -0.3 is 0 Å². The molecular formula is C14H15NOS. The summed E-state index contributed by atoms with van der Waals surface area (Å²) < 4.78 is 1.28. The summed E-state index contributed by atoms with van der Waals surface area (Å²) in [4.78, 5) is 0. The lowest BCUT2D eigenvalue weighted by molar-refractivity contribution is -0.0325. The van der Waals surface area contributed by atoms with Crippen molar-refractivity contribution in [3.05, 3.63) is 40.8 Å². The van der Waals surface area contributed by atoms with Gasteiger partial charge in [0.25, 0.3) is 0 Å². The summed E-state index contributed by atoms with van der Waals surface area (Å²) in [5.74, 6) is 0. The number of fused-ring (bicyclic) bond motifs is 1. The highest BCUT2D eigenvalue weighted by Gasteiger charge is 2.20. The number of nitrogens with zero attached hydrogens (tertiary/aromatic N) is 1. The zero-order valence-electron chi connectivity index (χ0n) is 9.81. The number of benzene rings is 1. The topological polar surface area (TPSA) is 23.5 Å². The Morgan fingerprint density at radius 3 is 2.94 bits per heavy atom. The molecule has 17 heavy (non-hydrogen) atoms. The van der Waals surface area contributed by atoms with Crippen molar-refractivity contribution in [2.75, 3.05) is 6.54 Å². The first kappa shape index (κ1) is 10.8. The summed E-state index contributed by atoms with van der Waals surface area (Å²) in [7, 11) is 0. The number of hydroxylamine groups is 2. The second kappa shape index (κ2) is 4.17. The SMILES string of the molecule is CC1=C(c2csc3ccccc23)N(O)CCC1. The van der Waals surface area contributed by atoms with Crippen LogP contribution in [0.3, 0.4) is 0 Å². The van der Waals surface area contributed by atoms with E-state index in [1.54, 1.807) is 11.3 Å². The first-order valence-electron chi connectivity index (χ1n) is 5.90. The molecule has 0 saturated heterocycles. The number of rotatable bonds is 1. The number of hydrogen-bond donors (Lipinski definition) is 1. The molecule has 1 aromatic carbocycles. The van der Waals surface area contributed by atoms with Gasteiger partial charge in [-0.2, -0.15) is 0 Å². The Morgan fingerprint density at radius 1 is 1.29 bits per heavy atom. The van der Waals surface area contributed by atoms with Gasteiger partial charge in [-0.05, 0) is 31.4 Å². The number of hydrogen-bond acceptors (Lipinski definition) is 3. The van der Waals surface area contributed by atoms with E-state index in [9.17, 15) is 5.21 Å². The van der Waals surface area contributed by atoms with Crippen molar-refractivity contribution in [2.24, 2.45) is 0 Å². The molecule has 0 atom stereocenters. The normalized spacial score (nSPS) is 16.9. The van der Waals surface area contributed by atoms with Crippen LogP contribution in [0, 0.1) is 0 Å². The Balaban J connectivity index is 2.21. The minimum absolute atomic E-state index is 0.733. The molecule has 0 fully saturated rings. The van der Waals surface area contributed by atoms with Crippen LogP contribution in [0.15, 0.2) is 35.2 Å². The molecule has 3 rings (SSSR count). The van der Waals surface area contributed by atoms with E-state index in [2.05, 4.69) is 36.6 Å². The second-order valence-corrected chi connectivity index (χ2v) is 5.41. The highest BCUT2D eigenvalue weighted by atomic mass is 32.1. The molecule has 2 aromatic rings. The molecule has 1 aliphatic rings. The zero-order chi connectivity index (χ0) is 11.8. The Morgan fingerprint density at radius 2 is 2.12 bits per heavy atom. The summed E-state index contributed by atoms with van der Waals surface area (Å²) in [5.41, 5.74) is 3.46. The fourth-order valence-electron chi connectivity index (χ4n) is 2.47. The lowest BCUT2D eigenvalue weighted by atomic mass is 9.99. The summed E-state index contributed by atoms with van der Waals surface area (Å²) in [6, 6.07) is 8.37. The molecule has 1 aromatic heterocycles. The molecule has 3 heteroatoms. The van der Waals surface area contributed by atoms with Gasteiger partial charge in [-0.15, -0.1) is 11.3 Å². The predicted octanol–water partition coefficient (Wildman–Crippen LogP) is 4.12. The quantitative estimate of drug-likeness (QED) is 0.817. The van der Waals surface area contributed by atoms with Crippen molar-refractivity contribution in [3.63, 3.8) is 0 Å². The van der Waals surface area contributed by atoms with Crippen LogP contribution in [0.2, 0.25) is 0 Å². The van der Waals surface area contributed by atoms with Gasteiger partial charge in [-0.3, -0.25) is 10.3 Å². The van der Waals surface area contributed by atoms with Crippen molar-refractivity contribution >= 4 is 27.1 Å². The molecule has 88 valence electrons. The van der Waals surface area contributed by atoms with E-state index in [4.69, 9.17) is 0 Å². The Kier molecular flexibility index (Phi) is 2.65. The van der Waals surface area contributed by atoms with Gasteiger partial charge in [-0.25, -0.2) is 0 Å². The van der Waals surface area contributed by atoms with Gasteiger partial charge in [0.05, 0.1) is 5.70 Å². The largest absolute Gasteiger partial charge is 0.288 e. The Labute approximate surface area is 105 Å². The van der Waals surface area contributed by atoms with Crippen LogP contribution in [0.1, 0.15) is 25.3 Å². The average molecular weight is 245 g/mol. The van der Waals surface area contributed by atoms with Crippen LogP contribution in [0.25, 0.3) is 15.8 Å². The molecule has 1 N–H and O–H groups in total. The standard InChI is InChI=1S/C14H15NOS/c1-10-5-4-8-15(16)14(10)12-9-17-13-7-3-2-6-11(12)13/h2-3,6-7,9,16H,4-5,8H2,1H3. The fourth-order valence-corrected chi connectivity index (χ4v) is 3.42. The van der Waals surface area contributed by atoms with E-state index >= 15 is 0 Å². The smallest absolute Gasteiger partial charge is 0.0710 e. The number of allylic oxidation sites excluding steroid dienone is 1. The molecule has 2 heterocycles. The summed E-state index contributed by atoms with van der Waals surface area (Å²) in [5, 5.41) is 14.9. The number of thiophene rings is 1. The fraction of sp³-hybridized carbons (Fsp3) is 0.286. The van der Waals surface area contributed by atoms with E-state index in [0.717, 1.165) is 25.1 Å². The monoisotopic (exact) mass is 245 g/mol. The highest BCUT2D eigenvalue weighted by Crippen LogP contribution is 2.36. The van der Waals surface area contributed by atoms with Gasteiger partial charge in [0, 0.05) is 27.6 Å². The molecule has 0 bridgehead atoms. The molecular weight excluding hydrogens is 230 g/mol. The average Bonchev–Trinajstić information content (AvgIpc) is 2.73. The van der Waals surface area contributed by atoms with Gasteiger partial charge in [0.1, 0.15) is 0 Å². The van der Waals surface area contributed by atoms with Gasteiger partial charge >= 0.3 is 0 Å².